The minimum atomic E-state index is -2.89. The molecule has 0 fully saturated rings. The molecule has 0 aliphatic heterocycles. The van der Waals surface area contributed by atoms with E-state index in [2.05, 4.69) is 198 Å². The molecule has 1 unspecified atom stereocenters. The molecule has 0 amide bonds. The first-order valence-electron chi connectivity index (χ1n) is 20.3. The van der Waals surface area contributed by atoms with E-state index in [1.54, 1.807) is 0 Å². The quantitative estimate of drug-likeness (QED) is 0.124. The summed E-state index contributed by atoms with van der Waals surface area (Å²) in [6.45, 7) is 13.8. The van der Waals surface area contributed by atoms with Gasteiger partial charge in [0, 0.05) is 33.8 Å². The highest BCUT2D eigenvalue weighted by Crippen LogP contribution is 2.51. The molecule has 3 aliphatic rings. The molecule has 0 saturated carbocycles. The first-order valence-corrected chi connectivity index (χ1v) is 22.3. The maximum Gasteiger partial charge on any atom is 0.464 e. The molecular formula is C51H52BNO2Si. The molecule has 1 atom stereocenters. The van der Waals surface area contributed by atoms with Gasteiger partial charge in [-0.05, 0) is 92.0 Å². The average molecular weight is 750 g/mol. The van der Waals surface area contributed by atoms with E-state index >= 15 is 0 Å². The molecular weight excluding hydrogens is 697 g/mol. The second-order valence-corrected chi connectivity index (χ2v) is 22.0. The van der Waals surface area contributed by atoms with Crippen LogP contribution in [0.2, 0.25) is 5.31 Å². The number of fused-ring (bicyclic) bond motifs is 6. The van der Waals surface area contributed by atoms with Crippen LogP contribution in [0.1, 0.15) is 71.9 Å². The standard InChI is InChI=1S/C51H52BNO2Si/c1-49(2,3)35-55-52(54)51(6)30-28-39(29-31-51)56(37-20-12-8-13-21-37,38-22-14-9-15-23-38)40-26-27-47-43(32-40)44-33-42-41-24-16-17-25-45(41)50(4,5)46(42)34-48(44)53(47)36-18-10-7-11-19-36/h8-10,12-30,32-34,54H,7,11,31,35H2,1-6H3. The SMILES string of the molecule is CC(C)(C)COB(O)C1(C)C=CC([Si](c2ccccc2)(c2ccccc2)c2ccc3c(c2)c2cc4c(cc2n3C2=CCCC=C2)C(C)(C)c2ccccc2-4)=CC1. The molecule has 0 radical (unpaired) electrons. The minimum Gasteiger partial charge on any atom is -0.426 e. The van der Waals surface area contributed by atoms with Gasteiger partial charge in [-0.15, -0.1) is 0 Å². The Hall–Kier alpha value is -4.94. The molecule has 0 spiro atoms. The summed E-state index contributed by atoms with van der Waals surface area (Å²) in [5.74, 6) is 0. The molecule has 0 bridgehead atoms. The van der Waals surface area contributed by atoms with Crippen molar-refractivity contribution in [1.82, 2.24) is 4.57 Å². The van der Waals surface area contributed by atoms with E-state index in [9.17, 15) is 5.02 Å². The topological polar surface area (TPSA) is 34.4 Å². The summed E-state index contributed by atoms with van der Waals surface area (Å²) in [6.07, 6.45) is 16.8. The van der Waals surface area contributed by atoms with Gasteiger partial charge in [-0.3, -0.25) is 0 Å². The molecule has 0 saturated heterocycles. The lowest BCUT2D eigenvalue weighted by Crippen LogP contribution is -2.68. The third-order valence-corrected chi connectivity index (χ3v) is 17.4. The summed E-state index contributed by atoms with van der Waals surface area (Å²) in [5, 5.41) is 18.8. The van der Waals surface area contributed by atoms with Crippen LogP contribution in [0.3, 0.4) is 0 Å². The zero-order valence-corrected chi connectivity index (χ0v) is 34.6. The van der Waals surface area contributed by atoms with Crippen molar-refractivity contribution >= 4 is 58.3 Å². The van der Waals surface area contributed by atoms with E-state index in [4.69, 9.17) is 4.65 Å². The van der Waals surface area contributed by atoms with Crippen molar-refractivity contribution in [2.45, 2.75) is 71.5 Å². The Labute approximate surface area is 333 Å². The number of allylic oxidation sites excluding steroid dienone is 8. The van der Waals surface area contributed by atoms with Gasteiger partial charge in [0.1, 0.15) is 0 Å². The van der Waals surface area contributed by atoms with E-state index in [0.717, 1.165) is 12.8 Å². The summed E-state index contributed by atoms with van der Waals surface area (Å²) in [7, 11) is -3.79. The lowest BCUT2D eigenvalue weighted by Gasteiger charge is -2.39. The number of hydrogen-bond acceptors (Lipinski definition) is 2. The van der Waals surface area contributed by atoms with Crippen LogP contribution >= 0.6 is 0 Å². The van der Waals surface area contributed by atoms with Gasteiger partial charge >= 0.3 is 7.12 Å². The fourth-order valence-corrected chi connectivity index (χ4v) is 14.4. The van der Waals surface area contributed by atoms with Gasteiger partial charge in [0.2, 0.25) is 0 Å². The van der Waals surface area contributed by atoms with Gasteiger partial charge in [-0.25, -0.2) is 0 Å². The summed E-state index contributed by atoms with van der Waals surface area (Å²) < 4.78 is 8.62. The lowest BCUT2D eigenvalue weighted by molar-refractivity contribution is 0.158. The summed E-state index contributed by atoms with van der Waals surface area (Å²) in [5.41, 5.74) is 9.09. The van der Waals surface area contributed by atoms with Gasteiger partial charge in [0.25, 0.3) is 0 Å². The smallest absolute Gasteiger partial charge is 0.426 e. The van der Waals surface area contributed by atoms with Crippen molar-refractivity contribution in [2.75, 3.05) is 6.61 Å². The second-order valence-electron chi connectivity index (χ2n) is 18.2. The molecule has 3 aliphatic carbocycles. The number of rotatable bonds is 8. The summed E-state index contributed by atoms with van der Waals surface area (Å²) >= 11 is 0. The van der Waals surface area contributed by atoms with Gasteiger partial charge in [-0.2, -0.15) is 0 Å². The van der Waals surface area contributed by atoms with Crippen LogP contribution in [0.4, 0.5) is 0 Å². The monoisotopic (exact) mass is 749 g/mol. The predicted molar refractivity (Wildman–Crippen MR) is 241 cm³/mol. The zero-order valence-electron chi connectivity index (χ0n) is 33.6. The van der Waals surface area contributed by atoms with Crippen LogP contribution in [0.25, 0.3) is 38.6 Å². The van der Waals surface area contributed by atoms with Crippen LogP contribution in [0.15, 0.2) is 157 Å². The van der Waals surface area contributed by atoms with Crippen molar-refractivity contribution in [3.8, 4) is 11.1 Å². The second kappa shape index (κ2) is 13.6. The van der Waals surface area contributed by atoms with E-state index in [-0.39, 0.29) is 10.8 Å². The zero-order chi connectivity index (χ0) is 38.9. The van der Waals surface area contributed by atoms with Crippen molar-refractivity contribution in [3.05, 3.63) is 168 Å². The molecule has 3 nitrogen and oxygen atoms in total. The molecule has 9 rings (SSSR count). The Morgan fingerprint density at radius 3 is 2.02 bits per heavy atom. The number of hydrogen-bond donors (Lipinski definition) is 1. The average Bonchev–Trinajstić information content (AvgIpc) is 3.65. The molecule has 56 heavy (non-hydrogen) atoms. The largest absolute Gasteiger partial charge is 0.464 e. The Bertz CT molecular complexity index is 2570. The number of benzene rings is 5. The van der Waals surface area contributed by atoms with E-state index in [0.29, 0.717) is 13.0 Å². The number of aromatic nitrogens is 1. The molecule has 1 aromatic heterocycles. The first-order chi connectivity index (χ1) is 26.9. The maximum absolute atomic E-state index is 11.4. The molecule has 280 valence electrons. The third kappa shape index (κ3) is 5.86. The first kappa shape index (κ1) is 36.7. The maximum atomic E-state index is 11.4. The van der Waals surface area contributed by atoms with E-state index in [1.807, 2.05) is 0 Å². The van der Waals surface area contributed by atoms with Crippen molar-refractivity contribution in [1.29, 1.82) is 0 Å². The highest BCUT2D eigenvalue weighted by molar-refractivity contribution is 7.16. The van der Waals surface area contributed by atoms with Crippen LogP contribution in [-0.2, 0) is 10.1 Å². The van der Waals surface area contributed by atoms with Gasteiger partial charge in [0.15, 0.2) is 8.07 Å². The molecule has 6 aromatic rings. The fraction of sp³-hybridized carbons (Fsp3) is 0.255. The van der Waals surface area contributed by atoms with Crippen molar-refractivity contribution in [3.63, 3.8) is 0 Å². The summed E-state index contributed by atoms with van der Waals surface area (Å²) in [4.78, 5) is 0. The molecule has 5 aromatic carbocycles. The highest BCUT2D eigenvalue weighted by atomic mass is 28.3. The Morgan fingerprint density at radius 2 is 1.38 bits per heavy atom. The molecule has 1 N–H and O–H groups in total. The summed E-state index contributed by atoms with van der Waals surface area (Å²) in [6, 6.07) is 43.7. The third-order valence-electron chi connectivity index (χ3n) is 12.6. The van der Waals surface area contributed by atoms with Gasteiger partial charge in [-0.1, -0.05) is 169 Å². The van der Waals surface area contributed by atoms with Gasteiger partial charge < -0.3 is 14.2 Å². The van der Waals surface area contributed by atoms with Crippen LogP contribution in [0.5, 0.6) is 0 Å². The molecule has 1 heterocycles. The minimum absolute atomic E-state index is 0.0371. The van der Waals surface area contributed by atoms with Crippen molar-refractivity contribution in [2.24, 2.45) is 5.41 Å². The Morgan fingerprint density at radius 1 is 0.696 bits per heavy atom. The van der Waals surface area contributed by atoms with E-state index in [1.165, 1.54) is 70.5 Å². The van der Waals surface area contributed by atoms with Crippen molar-refractivity contribution < 1.29 is 9.68 Å². The lowest BCUT2D eigenvalue weighted by atomic mass is 9.56. The fourth-order valence-electron chi connectivity index (χ4n) is 9.59. The van der Waals surface area contributed by atoms with Gasteiger partial charge in [0.05, 0.1) is 11.0 Å². The normalized spacial score (nSPS) is 18.8. The van der Waals surface area contributed by atoms with Crippen LogP contribution < -0.4 is 15.6 Å². The van der Waals surface area contributed by atoms with Crippen LogP contribution in [-0.4, -0.2) is 31.4 Å². The van der Waals surface area contributed by atoms with Crippen LogP contribution in [0, 0.1) is 5.41 Å². The van der Waals surface area contributed by atoms with E-state index < -0.39 is 20.5 Å². The Balaban J connectivity index is 1.30. The predicted octanol–water partition coefficient (Wildman–Crippen LogP) is 10.5. The number of nitrogens with zero attached hydrogens (tertiary/aromatic N) is 1. The Kier molecular flexibility index (Phi) is 8.92. The molecule has 5 heteroatoms. The highest BCUT2D eigenvalue weighted by Gasteiger charge is 2.46.